The average Bonchev–Trinajstić information content (AvgIpc) is 2.27. The molecule has 0 saturated heterocycles. The van der Waals surface area contributed by atoms with Crippen molar-refractivity contribution >= 4 is 17.1 Å². The van der Waals surface area contributed by atoms with Crippen LogP contribution in [-0.4, -0.2) is 10.1 Å². The number of nitrogens with two attached hydrogens (primary N) is 1. The van der Waals surface area contributed by atoms with Crippen LogP contribution in [0.25, 0.3) is 11.1 Å². The van der Waals surface area contributed by atoms with Crippen LogP contribution in [0.5, 0.6) is 5.75 Å². The van der Waals surface area contributed by atoms with E-state index in [2.05, 4.69) is 4.98 Å². The lowest BCUT2D eigenvalue weighted by molar-refractivity contribution is 0.474. The van der Waals surface area contributed by atoms with Crippen LogP contribution < -0.4 is 5.73 Å². The number of benzene rings is 1. The number of aromatic hydroxyl groups is 1. The molecule has 1 heterocycles. The molecule has 0 aliphatic carbocycles. The number of hydrogen-bond acceptors (Lipinski definition) is 4. The van der Waals surface area contributed by atoms with Crippen LogP contribution in [0.4, 0.5) is 6.01 Å². The van der Waals surface area contributed by atoms with E-state index in [4.69, 9.17) is 15.3 Å². The van der Waals surface area contributed by atoms with Gasteiger partial charge in [-0.15, -0.1) is 0 Å². The number of anilines is 1. The lowest BCUT2D eigenvalue weighted by atomic mass is 10.3. The highest BCUT2D eigenvalue weighted by molar-refractivity contribution is 5.75. The first kappa shape index (κ1) is 6.03. The fourth-order valence-corrected chi connectivity index (χ4v) is 0.931. The van der Waals surface area contributed by atoms with Gasteiger partial charge in [0.1, 0.15) is 11.3 Å². The fourth-order valence-electron chi connectivity index (χ4n) is 0.931. The molecule has 0 amide bonds. The van der Waals surface area contributed by atoms with Gasteiger partial charge in [0.25, 0.3) is 6.01 Å². The zero-order valence-electron chi connectivity index (χ0n) is 5.61. The molecule has 4 nitrogen and oxygen atoms in total. The lowest BCUT2D eigenvalue weighted by Crippen LogP contribution is -1.80. The van der Waals surface area contributed by atoms with Gasteiger partial charge in [-0.25, -0.2) is 0 Å². The molecule has 1 aromatic carbocycles. The predicted octanol–water partition coefficient (Wildman–Crippen LogP) is 1.12. The summed E-state index contributed by atoms with van der Waals surface area (Å²) in [5.74, 6) is 0.147. The third kappa shape index (κ3) is 0.881. The third-order valence-electron chi connectivity index (χ3n) is 1.39. The summed E-state index contributed by atoms with van der Waals surface area (Å²) in [6, 6.07) is 4.76. The van der Waals surface area contributed by atoms with Crippen molar-refractivity contribution in [2.75, 3.05) is 5.73 Å². The lowest BCUT2D eigenvalue weighted by Gasteiger charge is -1.86. The Hall–Kier alpha value is -1.71. The average molecular weight is 150 g/mol. The molecule has 2 rings (SSSR count). The Balaban J connectivity index is 2.82. The first-order valence-corrected chi connectivity index (χ1v) is 3.11. The maximum Gasteiger partial charge on any atom is 0.292 e. The summed E-state index contributed by atoms with van der Waals surface area (Å²) in [5, 5.41) is 9.01. The van der Waals surface area contributed by atoms with Crippen LogP contribution in [-0.2, 0) is 0 Å². The number of phenols is 1. The molecule has 2 aromatic rings. The van der Waals surface area contributed by atoms with Gasteiger partial charge < -0.3 is 15.3 Å². The third-order valence-corrected chi connectivity index (χ3v) is 1.39. The van der Waals surface area contributed by atoms with Gasteiger partial charge >= 0.3 is 0 Å². The summed E-state index contributed by atoms with van der Waals surface area (Å²) in [7, 11) is 0. The van der Waals surface area contributed by atoms with Crippen LogP contribution in [0.1, 0.15) is 0 Å². The molecule has 11 heavy (non-hydrogen) atoms. The molecule has 3 N–H and O–H groups in total. The largest absolute Gasteiger partial charge is 0.508 e. The standard InChI is InChI=1S/C7H6N2O2/c8-7-9-5-2-1-4(10)3-6(5)11-7/h1-3,10H,(H2,8,9). The van der Waals surface area contributed by atoms with Crippen molar-refractivity contribution in [2.24, 2.45) is 0 Å². The minimum Gasteiger partial charge on any atom is -0.508 e. The van der Waals surface area contributed by atoms with E-state index < -0.39 is 0 Å². The fraction of sp³-hybridized carbons (Fsp3) is 0. The van der Waals surface area contributed by atoms with E-state index in [-0.39, 0.29) is 11.8 Å². The SMILES string of the molecule is Nc1nc2ccc(O)cc2o1. The van der Waals surface area contributed by atoms with Gasteiger partial charge in [0.2, 0.25) is 0 Å². The summed E-state index contributed by atoms with van der Waals surface area (Å²) >= 11 is 0. The molecule has 0 atom stereocenters. The maximum atomic E-state index is 9.01. The summed E-state index contributed by atoms with van der Waals surface area (Å²) < 4.78 is 4.96. The van der Waals surface area contributed by atoms with Crippen molar-refractivity contribution < 1.29 is 9.52 Å². The van der Waals surface area contributed by atoms with E-state index in [9.17, 15) is 0 Å². The quantitative estimate of drug-likeness (QED) is 0.590. The Morgan fingerprint density at radius 2 is 2.27 bits per heavy atom. The van der Waals surface area contributed by atoms with Crippen LogP contribution in [0, 0.1) is 0 Å². The Morgan fingerprint density at radius 1 is 1.45 bits per heavy atom. The summed E-state index contributed by atoms with van der Waals surface area (Å²) in [6.45, 7) is 0. The molecule has 4 heteroatoms. The highest BCUT2D eigenvalue weighted by Gasteiger charge is 2.01. The number of nitrogen functional groups attached to an aromatic ring is 1. The highest BCUT2D eigenvalue weighted by Crippen LogP contribution is 2.20. The molecule has 0 aliphatic rings. The number of oxazole rings is 1. The predicted molar refractivity (Wildman–Crippen MR) is 40.1 cm³/mol. The topological polar surface area (TPSA) is 72.3 Å². The number of hydrogen-bond donors (Lipinski definition) is 2. The van der Waals surface area contributed by atoms with E-state index in [1.807, 2.05) is 0 Å². The first-order chi connectivity index (χ1) is 5.25. The van der Waals surface area contributed by atoms with E-state index in [1.54, 1.807) is 6.07 Å². The van der Waals surface area contributed by atoms with Crippen LogP contribution in [0.2, 0.25) is 0 Å². The molecule has 0 spiro atoms. The Kier molecular flexibility index (Phi) is 1.03. The van der Waals surface area contributed by atoms with Gasteiger partial charge in [0, 0.05) is 6.07 Å². The second-order valence-electron chi connectivity index (χ2n) is 2.20. The van der Waals surface area contributed by atoms with Crippen molar-refractivity contribution in [3.63, 3.8) is 0 Å². The van der Waals surface area contributed by atoms with Gasteiger partial charge in [-0.1, -0.05) is 0 Å². The second kappa shape index (κ2) is 1.88. The molecular formula is C7H6N2O2. The molecular weight excluding hydrogens is 144 g/mol. The van der Waals surface area contributed by atoms with Gasteiger partial charge in [0.05, 0.1) is 0 Å². The minimum atomic E-state index is 0.116. The number of rotatable bonds is 0. The zero-order chi connectivity index (χ0) is 7.84. The van der Waals surface area contributed by atoms with Crippen molar-refractivity contribution in [3.8, 4) is 5.75 Å². The molecule has 0 radical (unpaired) electrons. The molecule has 1 aromatic heterocycles. The molecule has 0 fully saturated rings. The number of nitrogens with zero attached hydrogens (tertiary/aromatic N) is 1. The maximum absolute atomic E-state index is 9.01. The molecule has 0 bridgehead atoms. The van der Waals surface area contributed by atoms with E-state index in [1.165, 1.54) is 12.1 Å². The van der Waals surface area contributed by atoms with E-state index in [0.29, 0.717) is 11.1 Å². The van der Waals surface area contributed by atoms with Gasteiger partial charge in [-0.2, -0.15) is 4.98 Å². The Labute approximate surface area is 62.3 Å². The van der Waals surface area contributed by atoms with E-state index in [0.717, 1.165) is 0 Å². The summed E-state index contributed by atoms with van der Waals surface area (Å²) in [5.41, 5.74) is 6.44. The normalized spacial score (nSPS) is 10.5. The molecule has 0 saturated carbocycles. The summed E-state index contributed by atoms with van der Waals surface area (Å²) in [6.07, 6.45) is 0. The van der Waals surface area contributed by atoms with Gasteiger partial charge in [-0.05, 0) is 12.1 Å². The molecule has 56 valence electrons. The van der Waals surface area contributed by atoms with Crippen LogP contribution in [0.15, 0.2) is 22.6 Å². The second-order valence-corrected chi connectivity index (χ2v) is 2.20. The van der Waals surface area contributed by atoms with Crippen LogP contribution >= 0.6 is 0 Å². The molecule has 0 aliphatic heterocycles. The van der Waals surface area contributed by atoms with Gasteiger partial charge in [0.15, 0.2) is 5.58 Å². The van der Waals surface area contributed by atoms with Crippen molar-refractivity contribution in [1.29, 1.82) is 0 Å². The van der Waals surface area contributed by atoms with Crippen LogP contribution in [0.3, 0.4) is 0 Å². The Morgan fingerprint density at radius 3 is 3.09 bits per heavy atom. The first-order valence-electron chi connectivity index (χ1n) is 3.11. The van der Waals surface area contributed by atoms with Crippen molar-refractivity contribution in [2.45, 2.75) is 0 Å². The molecule has 0 unspecified atom stereocenters. The van der Waals surface area contributed by atoms with Gasteiger partial charge in [-0.3, -0.25) is 0 Å². The smallest absolute Gasteiger partial charge is 0.292 e. The Bertz CT molecular complexity index is 394. The monoisotopic (exact) mass is 150 g/mol. The van der Waals surface area contributed by atoms with Crippen molar-refractivity contribution in [1.82, 2.24) is 4.98 Å². The number of fused-ring (bicyclic) bond motifs is 1. The highest BCUT2D eigenvalue weighted by atomic mass is 16.4. The zero-order valence-corrected chi connectivity index (χ0v) is 5.61. The number of aromatic nitrogens is 1. The van der Waals surface area contributed by atoms with Crippen molar-refractivity contribution in [3.05, 3.63) is 18.2 Å². The summed E-state index contributed by atoms with van der Waals surface area (Å²) in [4.78, 5) is 3.85. The van der Waals surface area contributed by atoms with E-state index >= 15 is 0 Å². The minimum absolute atomic E-state index is 0.116. The number of phenolic OH excluding ortho intramolecular Hbond substituents is 1.